The Hall–Kier alpha value is -2.36. The van der Waals surface area contributed by atoms with E-state index in [2.05, 4.69) is 25.9 Å². The zero-order valence-electron chi connectivity index (χ0n) is 16.0. The highest BCUT2D eigenvalue weighted by atomic mass is 127. The van der Waals surface area contributed by atoms with Crippen molar-refractivity contribution in [1.29, 1.82) is 0 Å². The number of nitrogens with zero attached hydrogens (tertiary/aromatic N) is 3. The molecular weight excluding hydrogens is 467 g/mol. The summed E-state index contributed by atoms with van der Waals surface area (Å²) in [6.07, 6.45) is 3.94. The number of pyridine rings is 1. The summed E-state index contributed by atoms with van der Waals surface area (Å²) < 4.78 is 0. The number of carbonyl (C=O) groups is 1. The second kappa shape index (κ2) is 11.5. The third-order valence-corrected chi connectivity index (χ3v) is 4.42. The predicted octanol–water partition coefficient (Wildman–Crippen LogP) is 3.19. The molecule has 1 aliphatic rings. The summed E-state index contributed by atoms with van der Waals surface area (Å²) in [6, 6.07) is 13.6. The molecule has 0 bridgehead atoms. The molecule has 3 rings (SSSR count). The Bertz CT molecular complexity index is 777. The molecule has 8 heteroatoms. The van der Waals surface area contributed by atoms with Crippen molar-refractivity contribution in [3.8, 4) is 0 Å². The summed E-state index contributed by atoms with van der Waals surface area (Å²) in [5, 5.41) is 9.50. The number of nitrogens with one attached hydrogen (secondary N) is 3. The van der Waals surface area contributed by atoms with Gasteiger partial charge in [-0.15, -0.1) is 24.0 Å². The largest absolute Gasteiger partial charge is 0.352 e. The zero-order valence-corrected chi connectivity index (χ0v) is 18.3. The lowest BCUT2D eigenvalue weighted by molar-refractivity contribution is 0.222. The van der Waals surface area contributed by atoms with E-state index in [9.17, 15) is 4.79 Å². The van der Waals surface area contributed by atoms with Gasteiger partial charge in [-0.3, -0.25) is 9.98 Å². The first-order valence-corrected chi connectivity index (χ1v) is 9.24. The SMILES string of the molecule is CN=C(NCc1cccc(NC(=O)N2CCCC2)c1)NCc1ccccn1.I. The van der Waals surface area contributed by atoms with E-state index in [1.54, 1.807) is 13.2 Å². The fourth-order valence-electron chi connectivity index (χ4n) is 2.97. The first-order valence-electron chi connectivity index (χ1n) is 9.24. The Labute approximate surface area is 183 Å². The first kappa shape index (κ1) is 21.9. The second-order valence-corrected chi connectivity index (χ2v) is 6.43. The van der Waals surface area contributed by atoms with Crippen LogP contribution in [0.2, 0.25) is 0 Å². The highest BCUT2D eigenvalue weighted by Crippen LogP contribution is 2.14. The smallest absolute Gasteiger partial charge is 0.321 e. The minimum Gasteiger partial charge on any atom is -0.352 e. The molecule has 1 saturated heterocycles. The van der Waals surface area contributed by atoms with Crippen LogP contribution in [0.1, 0.15) is 24.1 Å². The number of aliphatic imine (C=N–C) groups is 1. The molecule has 150 valence electrons. The van der Waals surface area contributed by atoms with Crippen LogP contribution >= 0.6 is 24.0 Å². The molecule has 1 aliphatic heterocycles. The van der Waals surface area contributed by atoms with Gasteiger partial charge in [-0.25, -0.2) is 4.79 Å². The van der Waals surface area contributed by atoms with Crippen molar-refractivity contribution in [2.24, 2.45) is 4.99 Å². The maximum absolute atomic E-state index is 12.2. The van der Waals surface area contributed by atoms with E-state index in [1.807, 2.05) is 47.4 Å². The number of hydrogen-bond donors (Lipinski definition) is 3. The van der Waals surface area contributed by atoms with Gasteiger partial charge >= 0.3 is 6.03 Å². The maximum atomic E-state index is 12.2. The van der Waals surface area contributed by atoms with Crippen molar-refractivity contribution in [3.05, 3.63) is 59.9 Å². The van der Waals surface area contributed by atoms with Crippen molar-refractivity contribution in [3.63, 3.8) is 0 Å². The van der Waals surface area contributed by atoms with Crippen LogP contribution < -0.4 is 16.0 Å². The highest BCUT2D eigenvalue weighted by molar-refractivity contribution is 14.0. The number of aromatic nitrogens is 1. The Morgan fingerprint density at radius 3 is 2.61 bits per heavy atom. The van der Waals surface area contributed by atoms with E-state index < -0.39 is 0 Å². The highest BCUT2D eigenvalue weighted by Gasteiger charge is 2.17. The lowest BCUT2D eigenvalue weighted by Crippen LogP contribution is -2.36. The molecule has 3 N–H and O–H groups in total. The molecule has 2 heterocycles. The lowest BCUT2D eigenvalue weighted by atomic mass is 10.2. The van der Waals surface area contributed by atoms with Gasteiger partial charge in [0.05, 0.1) is 12.2 Å². The molecule has 28 heavy (non-hydrogen) atoms. The molecule has 0 radical (unpaired) electrons. The van der Waals surface area contributed by atoms with E-state index in [1.165, 1.54) is 0 Å². The standard InChI is InChI=1S/C20H26N6O.HI/c1-21-19(24-15-18-8-2-3-10-22-18)23-14-16-7-6-9-17(13-16)25-20(27)26-11-4-5-12-26;/h2-3,6-10,13H,4-5,11-12,14-15H2,1H3,(H,25,27)(H2,21,23,24);1H. The summed E-state index contributed by atoms with van der Waals surface area (Å²) in [6.45, 7) is 2.89. The van der Waals surface area contributed by atoms with Gasteiger partial charge in [0.15, 0.2) is 5.96 Å². The molecule has 2 amide bonds. The van der Waals surface area contributed by atoms with Gasteiger partial charge in [0.1, 0.15) is 0 Å². The second-order valence-electron chi connectivity index (χ2n) is 6.43. The molecule has 0 aliphatic carbocycles. The number of benzene rings is 1. The maximum Gasteiger partial charge on any atom is 0.321 e. The van der Waals surface area contributed by atoms with Crippen LogP contribution in [-0.2, 0) is 13.1 Å². The molecular formula is C20H27IN6O. The van der Waals surface area contributed by atoms with Crippen LogP contribution in [0.15, 0.2) is 53.7 Å². The molecule has 0 atom stereocenters. The van der Waals surface area contributed by atoms with Crippen LogP contribution in [0, 0.1) is 0 Å². The van der Waals surface area contributed by atoms with Crippen LogP contribution in [0.3, 0.4) is 0 Å². The first-order chi connectivity index (χ1) is 13.2. The van der Waals surface area contributed by atoms with E-state index >= 15 is 0 Å². The van der Waals surface area contributed by atoms with Crippen LogP contribution in [0.5, 0.6) is 0 Å². The van der Waals surface area contributed by atoms with Crippen molar-refractivity contribution in [2.75, 3.05) is 25.5 Å². The number of halogens is 1. The summed E-state index contributed by atoms with van der Waals surface area (Å²) in [7, 11) is 1.74. The number of likely N-dealkylation sites (tertiary alicyclic amines) is 1. The number of guanidine groups is 1. The Kier molecular flexibility index (Phi) is 8.99. The Morgan fingerprint density at radius 1 is 1.11 bits per heavy atom. The average Bonchev–Trinajstić information content (AvgIpc) is 3.24. The third kappa shape index (κ3) is 6.66. The zero-order chi connectivity index (χ0) is 18.9. The predicted molar refractivity (Wildman–Crippen MR) is 123 cm³/mol. The fourth-order valence-corrected chi connectivity index (χ4v) is 2.97. The van der Waals surface area contributed by atoms with E-state index in [-0.39, 0.29) is 30.0 Å². The van der Waals surface area contributed by atoms with Crippen molar-refractivity contribution >= 4 is 41.7 Å². The summed E-state index contributed by atoms with van der Waals surface area (Å²) in [5.41, 5.74) is 2.82. The number of amides is 2. The molecule has 0 spiro atoms. The monoisotopic (exact) mass is 494 g/mol. The van der Waals surface area contributed by atoms with Crippen molar-refractivity contribution in [2.45, 2.75) is 25.9 Å². The molecule has 2 aromatic rings. The van der Waals surface area contributed by atoms with E-state index in [4.69, 9.17) is 0 Å². The van der Waals surface area contributed by atoms with Gasteiger partial charge in [-0.05, 0) is 42.7 Å². The molecule has 0 unspecified atom stereocenters. The number of hydrogen-bond acceptors (Lipinski definition) is 3. The molecule has 1 aromatic carbocycles. The van der Waals surface area contributed by atoms with E-state index in [0.29, 0.717) is 19.0 Å². The van der Waals surface area contributed by atoms with Crippen LogP contribution in [0.25, 0.3) is 0 Å². The molecule has 1 aromatic heterocycles. The number of rotatable bonds is 5. The molecule has 1 fully saturated rings. The third-order valence-electron chi connectivity index (χ3n) is 4.42. The van der Waals surface area contributed by atoms with Crippen molar-refractivity contribution in [1.82, 2.24) is 20.5 Å². The number of urea groups is 1. The lowest BCUT2D eigenvalue weighted by Gasteiger charge is -2.17. The topological polar surface area (TPSA) is 81.7 Å². The van der Waals surface area contributed by atoms with Gasteiger partial charge in [0.2, 0.25) is 0 Å². The minimum absolute atomic E-state index is 0. The molecule has 0 saturated carbocycles. The van der Waals surface area contributed by atoms with Crippen LogP contribution in [-0.4, -0.2) is 42.0 Å². The number of anilines is 1. The van der Waals surface area contributed by atoms with Gasteiger partial charge < -0.3 is 20.9 Å². The minimum atomic E-state index is -0.0227. The Morgan fingerprint density at radius 2 is 1.89 bits per heavy atom. The van der Waals surface area contributed by atoms with Gasteiger partial charge in [-0.2, -0.15) is 0 Å². The Balaban J connectivity index is 0.00000280. The van der Waals surface area contributed by atoms with Gasteiger partial charge in [-0.1, -0.05) is 18.2 Å². The summed E-state index contributed by atoms with van der Waals surface area (Å²) >= 11 is 0. The van der Waals surface area contributed by atoms with Gasteiger partial charge in [0, 0.05) is 38.6 Å². The quantitative estimate of drug-likeness (QED) is 0.339. The molecule has 7 nitrogen and oxygen atoms in total. The van der Waals surface area contributed by atoms with Gasteiger partial charge in [0.25, 0.3) is 0 Å². The normalized spacial score (nSPS) is 13.6. The van der Waals surface area contributed by atoms with E-state index in [0.717, 1.165) is 42.9 Å². The summed E-state index contributed by atoms with van der Waals surface area (Å²) in [4.78, 5) is 22.6. The summed E-state index contributed by atoms with van der Waals surface area (Å²) in [5.74, 6) is 0.701. The fraction of sp³-hybridized carbons (Fsp3) is 0.350. The van der Waals surface area contributed by atoms with Crippen molar-refractivity contribution < 1.29 is 4.79 Å². The number of carbonyl (C=O) groups excluding carboxylic acids is 1. The average molecular weight is 494 g/mol. The van der Waals surface area contributed by atoms with Crippen LogP contribution in [0.4, 0.5) is 10.5 Å².